The second kappa shape index (κ2) is 4.18. The van der Waals surface area contributed by atoms with Crippen molar-refractivity contribution in [3.05, 3.63) is 41.1 Å². The normalized spacial score (nSPS) is 14.8. The summed E-state index contributed by atoms with van der Waals surface area (Å²) >= 11 is 0. The van der Waals surface area contributed by atoms with E-state index in [2.05, 4.69) is 42.5 Å². The van der Waals surface area contributed by atoms with Gasteiger partial charge in [0.05, 0.1) is 11.4 Å². The van der Waals surface area contributed by atoms with Crippen molar-refractivity contribution in [2.24, 2.45) is 0 Å². The van der Waals surface area contributed by atoms with Gasteiger partial charge >= 0.3 is 0 Å². The second-order valence-electron chi connectivity index (χ2n) is 5.21. The molecule has 0 radical (unpaired) electrons. The van der Waals surface area contributed by atoms with E-state index in [4.69, 9.17) is 5.21 Å². The molecule has 0 unspecified atom stereocenters. The van der Waals surface area contributed by atoms with Crippen molar-refractivity contribution in [3.63, 3.8) is 0 Å². The summed E-state index contributed by atoms with van der Waals surface area (Å²) in [5.74, 6) is 0.537. The van der Waals surface area contributed by atoms with Crippen LogP contribution in [0, 0.1) is 0 Å². The zero-order chi connectivity index (χ0) is 12.7. The van der Waals surface area contributed by atoms with Gasteiger partial charge in [0.25, 0.3) is 0 Å². The second-order valence-corrected chi connectivity index (χ2v) is 5.21. The van der Waals surface area contributed by atoms with Gasteiger partial charge in [0.1, 0.15) is 0 Å². The van der Waals surface area contributed by atoms with Gasteiger partial charge in [-0.05, 0) is 42.0 Å². The molecular formula is C15H18N2O. The number of aryl methyl sites for hydroxylation is 1. The molecule has 1 aliphatic carbocycles. The topological polar surface area (TPSA) is 48.0 Å². The molecule has 1 aliphatic rings. The lowest BCUT2D eigenvalue weighted by Gasteiger charge is -2.12. The minimum atomic E-state index is 0.537. The molecule has 2 aromatic rings. The number of H-pyrrole nitrogens is 1. The van der Waals surface area contributed by atoms with Crippen molar-refractivity contribution in [2.45, 2.75) is 32.6 Å². The quantitative estimate of drug-likeness (QED) is 0.705. The first-order chi connectivity index (χ1) is 8.70. The molecule has 0 spiro atoms. The van der Waals surface area contributed by atoms with E-state index >= 15 is 0 Å². The Balaban J connectivity index is 2.22. The van der Waals surface area contributed by atoms with E-state index in [-0.39, 0.29) is 0 Å². The van der Waals surface area contributed by atoms with Gasteiger partial charge in [0.2, 0.25) is 0 Å². The maximum absolute atomic E-state index is 9.17. The summed E-state index contributed by atoms with van der Waals surface area (Å²) in [5, 5.41) is 10.5. The highest BCUT2D eigenvalue weighted by Crippen LogP contribution is 2.32. The number of benzene rings is 1. The molecule has 0 bridgehead atoms. The lowest BCUT2D eigenvalue weighted by molar-refractivity contribution is 0.223. The van der Waals surface area contributed by atoms with E-state index < -0.39 is 0 Å². The van der Waals surface area contributed by atoms with E-state index in [1.54, 1.807) is 0 Å². The molecule has 0 amide bonds. The molecular weight excluding hydrogens is 224 g/mol. The number of rotatable bonds is 2. The Labute approximate surface area is 106 Å². The van der Waals surface area contributed by atoms with Gasteiger partial charge in [0, 0.05) is 10.9 Å². The fourth-order valence-corrected chi connectivity index (χ4v) is 2.68. The van der Waals surface area contributed by atoms with Gasteiger partial charge in [-0.15, -0.1) is 0 Å². The molecule has 0 atom stereocenters. The Hall–Kier alpha value is -1.74. The van der Waals surface area contributed by atoms with E-state index in [0.717, 1.165) is 29.7 Å². The SMILES string of the molecule is CC(C)c1ccc2[nH]c3c(c2c1)CCC=C3NO. The van der Waals surface area contributed by atoms with Crippen molar-refractivity contribution >= 4 is 16.6 Å². The fraction of sp³-hybridized carbons (Fsp3) is 0.333. The van der Waals surface area contributed by atoms with Crippen LogP contribution in [0.2, 0.25) is 0 Å². The highest BCUT2D eigenvalue weighted by atomic mass is 16.5. The molecule has 0 saturated heterocycles. The lowest BCUT2D eigenvalue weighted by atomic mass is 9.96. The Morgan fingerprint density at radius 1 is 1.33 bits per heavy atom. The summed E-state index contributed by atoms with van der Waals surface area (Å²) in [6.45, 7) is 4.42. The van der Waals surface area contributed by atoms with E-state index in [0.29, 0.717) is 5.92 Å². The number of aromatic amines is 1. The predicted octanol–water partition coefficient (Wildman–Crippen LogP) is 3.56. The van der Waals surface area contributed by atoms with E-state index in [9.17, 15) is 0 Å². The average Bonchev–Trinajstić information content (AvgIpc) is 2.76. The maximum atomic E-state index is 9.17. The van der Waals surface area contributed by atoms with Crippen LogP contribution in [0.5, 0.6) is 0 Å². The third kappa shape index (κ3) is 1.63. The molecule has 1 heterocycles. The molecule has 0 aliphatic heterocycles. The molecule has 1 aromatic heterocycles. The van der Waals surface area contributed by atoms with Crippen molar-refractivity contribution in [1.82, 2.24) is 10.5 Å². The third-order valence-corrected chi connectivity index (χ3v) is 3.73. The number of hydrogen-bond acceptors (Lipinski definition) is 2. The van der Waals surface area contributed by atoms with Gasteiger partial charge in [0.15, 0.2) is 0 Å². The number of nitrogens with one attached hydrogen (secondary N) is 2. The van der Waals surface area contributed by atoms with Crippen molar-refractivity contribution in [2.75, 3.05) is 0 Å². The summed E-state index contributed by atoms with van der Waals surface area (Å²) in [6.07, 6.45) is 4.03. The molecule has 0 saturated carbocycles. The number of aromatic nitrogens is 1. The summed E-state index contributed by atoms with van der Waals surface area (Å²) in [4.78, 5) is 3.39. The van der Waals surface area contributed by atoms with Gasteiger partial charge < -0.3 is 4.98 Å². The molecule has 3 heteroatoms. The first-order valence-electron chi connectivity index (χ1n) is 6.46. The lowest BCUT2D eigenvalue weighted by Crippen LogP contribution is -2.10. The number of hydrogen-bond donors (Lipinski definition) is 3. The van der Waals surface area contributed by atoms with Crippen molar-refractivity contribution < 1.29 is 5.21 Å². The van der Waals surface area contributed by atoms with Crippen LogP contribution in [0.25, 0.3) is 16.6 Å². The molecule has 3 N–H and O–H groups in total. The first kappa shape index (κ1) is 11.4. The van der Waals surface area contributed by atoms with Crippen LogP contribution in [0.1, 0.15) is 43.0 Å². The summed E-state index contributed by atoms with van der Waals surface area (Å²) in [5.41, 5.74) is 7.92. The van der Waals surface area contributed by atoms with Crippen molar-refractivity contribution in [3.8, 4) is 0 Å². The van der Waals surface area contributed by atoms with Gasteiger partial charge in [-0.2, -0.15) is 0 Å². The minimum Gasteiger partial charge on any atom is -0.353 e. The van der Waals surface area contributed by atoms with Crippen LogP contribution in [-0.4, -0.2) is 10.2 Å². The van der Waals surface area contributed by atoms with Crippen LogP contribution in [0.15, 0.2) is 24.3 Å². The fourth-order valence-electron chi connectivity index (χ4n) is 2.68. The predicted molar refractivity (Wildman–Crippen MR) is 73.6 cm³/mol. The van der Waals surface area contributed by atoms with Crippen LogP contribution in [-0.2, 0) is 6.42 Å². The molecule has 3 nitrogen and oxygen atoms in total. The molecule has 18 heavy (non-hydrogen) atoms. The Morgan fingerprint density at radius 2 is 2.17 bits per heavy atom. The smallest absolute Gasteiger partial charge is 0.0800 e. The highest BCUT2D eigenvalue weighted by molar-refractivity contribution is 5.90. The zero-order valence-electron chi connectivity index (χ0n) is 10.7. The van der Waals surface area contributed by atoms with E-state index in [1.165, 1.54) is 16.5 Å². The number of fused-ring (bicyclic) bond motifs is 3. The maximum Gasteiger partial charge on any atom is 0.0800 e. The van der Waals surface area contributed by atoms with E-state index in [1.807, 2.05) is 6.08 Å². The Bertz CT molecular complexity index is 623. The minimum absolute atomic E-state index is 0.537. The molecule has 1 aromatic carbocycles. The summed E-state index contributed by atoms with van der Waals surface area (Å²) in [7, 11) is 0. The summed E-state index contributed by atoms with van der Waals surface area (Å²) in [6, 6.07) is 6.58. The third-order valence-electron chi connectivity index (χ3n) is 3.73. The largest absolute Gasteiger partial charge is 0.353 e. The van der Waals surface area contributed by atoms with Gasteiger partial charge in [-0.3, -0.25) is 10.7 Å². The molecule has 3 rings (SSSR count). The summed E-state index contributed by atoms with van der Waals surface area (Å²) < 4.78 is 0. The van der Waals surface area contributed by atoms with Crippen LogP contribution < -0.4 is 5.48 Å². The highest BCUT2D eigenvalue weighted by Gasteiger charge is 2.18. The monoisotopic (exact) mass is 242 g/mol. The van der Waals surface area contributed by atoms with Gasteiger partial charge in [-0.25, -0.2) is 0 Å². The molecule has 94 valence electrons. The van der Waals surface area contributed by atoms with Crippen LogP contribution >= 0.6 is 0 Å². The zero-order valence-corrected chi connectivity index (χ0v) is 10.7. The Morgan fingerprint density at radius 3 is 2.89 bits per heavy atom. The number of hydroxylamine groups is 1. The molecule has 0 fully saturated rings. The van der Waals surface area contributed by atoms with Gasteiger partial charge in [-0.1, -0.05) is 26.0 Å². The standard InChI is InChI=1S/C15H18N2O/c1-9(2)10-6-7-13-12(8-10)11-4-3-5-14(17-18)15(11)16-13/h5-9,16-18H,3-4H2,1-2H3. The van der Waals surface area contributed by atoms with Crippen LogP contribution in [0.3, 0.4) is 0 Å². The van der Waals surface area contributed by atoms with Crippen LogP contribution in [0.4, 0.5) is 0 Å². The first-order valence-corrected chi connectivity index (χ1v) is 6.46. The van der Waals surface area contributed by atoms with Crippen molar-refractivity contribution in [1.29, 1.82) is 0 Å². The Kier molecular flexibility index (Phi) is 2.63. The average molecular weight is 242 g/mol. The number of allylic oxidation sites excluding steroid dienone is 1.